The van der Waals surface area contributed by atoms with Crippen molar-refractivity contribution in [3.05, 3.63) is 63.7 Å². The molecule has 0 radical (unpaired) electrons. The molecule has 18 heavy (non-hydrogen) atoms. The summed E-state index contributed by atoms with van der Waals surface area (Å²) in [5, 5.41) is 1.23. The molecule has 2 aromatic carbocycles. The maximum atomic E-state index is 4.73. The Bertz CT molecular complexity index is 702. The lowest BCUT2D eigenvalue weighted by Gasteiger charge is -2.06. The van der Waals surface area contributed by atoms with Crippen molar-refractivity contribution in [3.63, 3.8) is 0 Å². The van der Waals surface area contributed by atoms with E-state index in [-0.39, 0.29) is 0 Å². The molecule has 0 fully saturated rings. The minimum absolute atomic E-state index is 1.04. The largest absolute Gasteiger partial charge is 0.248 e. The first-order valence-electron chi connectivity index (χ1n) is 5.86. The number of halogens is 1. The number of rotatable bonds is 1. The quantitative estimate of drug-likeness (QED) is 0.577. The van der Waals surface area contributed by atoms with Crippen molar-refractivity contribution in [1.29, 1.82) is 0 Å². The molecule has 0 saturated carbocycles. The lowest BCUT2D eigenvalue weighted by atomic mass is 10.1. The Balaban J connectivity index is 2.21. The maximum Gasteiger partial charge on any atom is 0.0712 e. The molecule has 1 nitrogen and oxygen atoms in total. The van der Waals surface area contributed by atoms with Crippen LogP contribution in [0.15, 0.2) is 54.6 Å². The van der Waals surface area contributed by atoms with E-state index in [0.717, 1.165) is 11.2 Å². The Morgan fingerprint density at radius 1 is 0.944 bits per heavy atom. The lowest BCUT2D eigenvalue weighted by Crippen LogP contribution is -1.88. The molecule has 1 aromatic heterocycles. The van der Waals surface area contributed by atoms with Crippen LogP contribution in [0, 0.1) is 10.5 Å². The minimum Gasteiger partial charge on any atom is -0.248 e. The predicted molar refractivity (Wildman–Crippen MR) is 84.6 cm³/mol. The van der Waals surface area contributed by atoms with Gasteiger partial charge in [0.15, 0.2) is 0 Å². The molecule has 3 aromatic rings. The van der Waals surface area contributed by atoms with Crippen molar-refractivity contribution in [3.8, 4) is 11.3 Å². The van der Waals surface area contributed by atoms with E-state index in [4.69, 9.17) is 4.98 Å². The van der Waals surface area contributed by atoms with E-state index in [0.29, 0.717) is 0 Å². The van der Waals surface area contributed by atoms with Gasteiger partial charge in [0.05, 0.1) is 11.2 Å². The summed E-state index contributed by atoms with van der Waals surface area (Å²) in [7, 11) is 0. The fourth-order valence-electron chi connectivity index (χ4n) is 2.12. The Kier molecular flexibility index (Phi) is 3.04. The fraction of sp³-hybridized carbons (Fsp3) is 0.0625. The van der Waals surface area contributed by atoms with E-state index in [1.807, 2.05) is 6.07 Å². The van der Waals surface area contributed by atoms with Crippen molar-refractivity contribution < 1.29 is 0 Å². The number of hydrogen-bond acceptors (Lipinski definition) is 1. The van der Waals surface area contributed by atoms with Crippen molar-refractivity contribution >= 4 is 33.5 Å². The average Bonchev–Trinajstić information content (AvgIpc) is 2.39. The Morgan fingerprint density at radius 2 is 1.67 bits per heavy atom. The second-order valence-corrected chi connectivity index (χ2v) is 5.59. The zero-order valence-electron chi connectivity index (χ0n) is 10.0. The number of aryl methyl sites for hydroxylation is 1. The van der Waals surface area contributed by atoms with Gasteiger partial charge < -0.3 is 0 Å². The molecule has 2 heteroatoms. The van der Waals surface area contributed by atoms with Crippen LogP contribution in [0.4, 0.5) is 0 Å². The molecule has 0 aliphatic heterocycles. The number of aromatic nitrogens is 1. The minimum atomic E-state index is 1.04. The zero-order valence-corrected chi connectivity index (χ0v) is 12.2. The second kappa shape index (κ2) is 4.69. The lowest BCUT2D eigenvalue weighted by molar-refractivity contribution is 1.36. The van der Waals surface area contributed by atoms with Crippen LogP contribution in [0.2, 0.25) is 0 Å². The highest BCUT2D eigenvalue weighted by Crippen LogP contribution is 2.24. The molecule has 0 unspecified atom stereocenters. The summed E-state index contributed by atoms with van der Waals surface area (Å²) in [5.41, 5.74) is 4.55. The van der Waals surface area contributed by atoms with Crippen LogP contribution >= 0.6 is 22.6 Å². The highest BCUT2D eigenvalue weighted by Gasteiger charge is 2.04. The molecule has 0 amide bonds. The normalized spacial score (nSPS) is 10.8. The van der Waals surface area contributed by atoms with E-state index in [9.17, 15) is 0 Å². The van der Waals surface area contributed by atoms with Crippen LogP contribution < -0.4 is 0 Å². The van der Waals surface area contributed by atoms with E-state index < -0.39 is 0 Å². The van der Waals surface area contributed by atoms with E-state index in [1.165, 1.54) is 20.1 Å². The molecule has 0 bridgehead atoms. The first-order chi connectivity index (χ1) is 8.74. The molecule has 0 N–H and O–H groups in total. The van der Waals surface area contributed by atoms with Crippen molar-refractivity contribution in [2.45, 2.75) is 6.92 Å². The molecule has 0 spiro atoms. The number of hydrogen-bond donors (Lipinski definition) is 0. The molecular formula is C16H12IN. The van der Waals surface area contributed by atoms with Crippen LogP contribution in [0.25, 0.3) is 22.2 Å². The molecular weight excluding hydrogens is 333 g/mol. The highest BCUT2D eigenvalue weighted by atomic mass is 127. The first kappa shape index (κ1) is 11.7. The number of fused-ring (bicyclic) bond motifs is 1. The Hall–Kier alpha value is -1.42. The maximum absolute atomic E-state index is 4.73. The van der Waals surface area contributed by atoms with Crippen LogP contribution in [0.5, 0.6) is 0 Å². The van der Waals surface area contributed by atoms with Gasteiger partial charge >= 0.3 is 0 Å². The zero-order chi connectivity index (χ0) is 12.5. The monoisotopic (exact) mass is 345 g/mol. The van der Waals surface area contributed by atoms with E-state index in [1.54, 1.807) is 0 Å². The van der Waals surface area contributed by atoms with Gasteiger partial charge in [-0.15, -0.1) is 0 Å². The standard InChI is InChI=1S/C16H12IN/c1-11-10-16(12-6-8-13(17)9-7-12)18-15-5-3-2-4-14(11)15/h2-10H,1H3. The van der Waals surface area contributed by atoms with Crippen molar-refractivity contribution in [2.75, 3.05) is 0 Å². The van der Waals surface area contributed by atoms with Gasteiger partial charge in [0, 0.05) is 14.5 Å². The number of pyridine rings is 1. The van der Waals surface area contributed by atoms with Gasteiger partial charge in [0.2, 0.25) is 0 Å². The van der Waals surface area contributed by atoms with Gasteiger partial charge in [-0.1, -0.05) is 30.3 Å². The molecule has 0 atom stereocenters. The number of nitrogens with zero attached hydrogens (tertiary/aromatic N) is 1. The second-order valence-electron chi connectivity index (χ2n) is 4.35. The SMILES string of the molecule is Cc1cc(-c2ccc(I)cc2)nc2ccccc12. The van der Waals surface area contributed by atoms with Gasteiger partial charge in [0.25, 0.3) is 0 Å². The summed E-state index contributed by atoms with van der Waals surface area (Å²) in [6.45, 7) is 2.14. The van der Waals surface area contributed by atoms with Gasteiger partial charge in [-0.2, -0.15) is 0 Å². The summed E-state index contributed by atoms with van der Waals surface area (Å²) in [4.78, 5) is 4.73. The summed E-state index contributed by atoms with van der Waals surface area (Å²) in [6, 6.07) is 18.9. The first-order valence-corrected chi connectivity index (χ1v) is 6.94. The topological polar surface area (TPSA) is 12.9 Å². The van der Waals surface area contributed by atoms with Crippen LogP contribution in [-0.2, 0) is 0 Å². The van der Waals surface area contributed by atoms with E-state index in [2.05, 4.69) is 78.0 Å². The Labute approximate surface area is 120 Å². The average molecular weight is 345 g/mol. The third kappa shape index (κ3) is 2.12. The summed E-state index contributed by atoms with van der Waals surface area (Å²) in [5.74, 6) is 0. The Morgan fingerprint density at radius 3 is 2.44 bits per heavy atom. The summed E-state index contributed by atoms with van der Waals surface area (Å²) >= 11 is 2.32. The number of para-hydroxylation sites is 1. The smallest absolute Gasteiger partial charge is 0.0712 e. The predicted octanol–water partition coefficient (Wildman–Crippen LogP) is 4.81. The molecule has 3 rings (SSSR count). The van der Waals surface area contributed by atoms with Crippen LogP contribution in [0.1, 0.15) is 5.56 Å². The molecule has 0 aliphatic carbocycles. The summed E-state index contributed by atoms with van der Waals surface area (Å²) < 4.78 is 1.24. The van der Waals surface area contributed by atoms with Crippen molar-refractivity contribution in [1.82, 2.24) is 4.98 Å². The molecule has 1 heterocycles. The molecule has 0 aliphatic rings. The van der Waals surface area contributed by atoms with Gasteiger partial charge in [-0.3, -0.25) is 0 Å². The summed E-state index contributed by atoms with van der Waals surface area (Å²) in [6.07, 6.45) is 0. The third-order valence-corrected chi connectivity index (χ3v) is 3.78. The van der Waals surface area contributed by atoms with Crippen LogP contribution in [-0.4, -0.2) is 4.98 Å². The van der Waals surface area contributed by atoms with Gasteiger partial charge in [-0.05, 0) is 59.3 Å². The van der Waals surface area contributed by atoms with Crippen molar-refractivity contribution in [2.24, 2.45) is 0 Å². The van der Waals surface area contributed by atoms with Gasteiger partial charge in [-0.25, -0.2) is 4.98 Å². The highest BCUT2D eigenvalue weighted by molar-refractivity contribution is 14.1. The van der Waals surface area contributed by atoms with Crippen LogP contribution in [0.3, 0.4) is 0 Å². The fourth-order valence-corrected chi connectivity index (χ4v) is 2.48. The van der Waals surface area contributed by atoms with E-state index >= 15 is 0 Å². The molecule has 0 saturated heterocycles. The van der Waals surface area contributed by atoms with Gasteiger partial charge in [0.1, 0.15) is 0 Å². The molecule has 88 valence electrons. The number of benzene rings is 2. The third-order valence-electron chi connectivity index (χ3n) is 3.06.